The summed E-state index contributed by atoms with van der Waals surface area (Å²) in [7, 11) is -3.52. The Kier molecular flexibility index (Phi) is 8.47. The predicted molar refractivity (Wildman–Crippen MR) is 111 cm³/mol. The number of rotatable bonds is 11. The van der Waals surface area contributed by atoms with E-state index < -0.39 is 10.0 Å². The number of nitrogens with one attached hydrogen (secondary N) is 2. The zero-order valence-corrected chi connectivity index (χ0v) is 17.2. The minimum absolute atomic E-state index is 0.165. The second-order valence-corrected chi connectivity index (χ2v) is 8.19. The fourth-order valence-electron chi connectivity index (χ4n) is 2.55. The summed E-state index contributed by atoms with van der Waals surface area (Å²) in [5.74, 6) is 0.241. The van der Waals surface area contributed by atoms with Gasteiger partial charge in [0, 0.05) is 12.2 Å². The van der Waals surface area contributed by atoms with Crippen molar-refractivity contribution in [1.29, 1.82) is 0 Å². The summed E-state index contributed by atoms with van der Waals surface area (Å²) in [6.45, 7) is 4.97. The monoisotopic (exact) mass is 404 g/mol. The molecule has 0 unspecified atom stereocenters. The molecule has 7 heteroatoms. The van der Waals surface area contributed by atoms with E-state index in [2.05, 4.69) is 17.0 Å². The van der Waals surface area contributed by atoms with Gasteiger partial charge >= 0.3 is 0 Å². The molecule has 0 aromatic heterocycles. The average molecular weight is 405 g/mol. The van der Waals surface area contributed by atoms with E-state index in [4.69, 9.17) is 4.74 Å². The molecule has 0 aliphatic heterocycles. The number of anilines is 1. The van der Waals surface area contributed by atoms with Crippen LogP contribution in [0, 0.1) is 0 Å². The van der Waals surface area contributed by atoms with Crippen LogP contribution in [-0.4, -0.2) is 27.5 Å². The smallest absolute Gasteiger partial charge is 0.259 e. The zero-order chi connectivity index (χ0) is 20.4. The quantitative estimate of drug-likeness (QED) is 0.550. The minimum atomic E-state index is -3.52. The first kappa shape index (κ1) is 21.9. The van der Waals surface area contributed by atoms with Crippen LogP contribution in [0.25, 0.3) is 0 Å². The number of carbonyl (C=O) groups is 1. The van der Waals surface area contributed by atoms with Gasteiger partial charge in [-0.25, -0.2) is 13.1 Å². The van der Waals surface area contributed by atoms with E-state index in [0.29, 0.717) is 36.6 Å². The van der Waals surface area contributed by atoms with Crippen molar-refractivity contribution < 1.29 is 17.9 Å². The van der Waals surface area contributed by atoms with E-state index in [-0.39, 0.29) is 10.8 Å². The molecule has 2 rings (SSSR count). The van der Waals surface area contributed by atoms with Gasteiger partial charge in [-0.15, -0.1) is 0 Å². The molecule has 0 heterocycles. The van der Waals surface area contributed by atoms with E-state index in [0.717, 1.165) is 19.3 Å². The van der Waals surface area contributed by atoms with Crippen LogP contribution in [0.5, 0.6) is 5.75 Å². The minimum Gasteiger partial charge on any atom is -0.493 e. The van der Waals surface area contributed by atoms with E-state index in [1.165, 1.54) is 12.1 Å². The highest BCUT2D eigenvalue weighted by Crippen LogP contribution is 2.21. The number of carbonyl (C=O) groups excluding carboxylic acids is 1. The Morgan fingerprint density at radius 3 is 2.36 bits per heavy atom. The first-order chi connectivity index (χ1) is 13.5. The molecule has 0 fully saturated rings. The normalized spacial score (nSPS) is 11.2. The second kappa shape index (κ2) is 10.8. The molecule has 0 radical (unpaired) electrons. The third kappa shape index (κ3) is 6.35. The summed E-state index contributed by atoms with van der Waals surface area (Å²) in [5, 5.41) is 2.79. The Morgan fingerprint density at radius 1 is 0.964 bits per heavy atom. The van der Waals surface area contributed by atoms with E-state index in [9.17, 15) is 13.2 Å². The maximum atomic E-state index is 12.6. The Hall–Kier alpha value is -2.38. The molecule has 0 atom stereocenters. The molecule has 28 heavy (non-hydrogen) atoms. The number of amides is 1. The maximum Gasteiger partial charge on any atom is 0.259 e. The Balaban J connectivity index is 2.05. The maximum absolute atomic E-state index is 12.6. The lowest BCUT2D eigenvalue weighted by molar-refractivity contribution is 0.102. The van der Waals surface area contributed by atoms with Crippen molar-refractivity contribution in [2.45, 2.75) is 44.4 Å². The number of sulfonamides is 1. The Morgan fingerprint density at radius 2 is 1.68 bits per heavy atom. The van der Waals surface area contributed by atoms with Gasteiger partial charge in [-0.05, 0) is 49.2 Å². The highest BCUT2D eigenvalue weighted by molar-refractivity contribution is 7.89. The van der Waals surface area contributed by atoms with Gasteiger partial charge in [0.05, 0.1) is 17.1 Å². The summed E-state index contributed by atoms with van der Waals surface area (Å²) in [4.78, 5) is 12.8. The fourth-order valence-corrected chi connectivity index (χ4v) is 3.68. The lowest BCUT2D eigenvalue weighted by Gasteiger charge is -2.12. The van der Waals surface area contributed by atoms with Gasteiger partial charge in [-0.3, -0.25) is 4.79 Å². The molecule has 6 nitrogen and oxygen atoms in total. The number of para-hydroxylation sites is 1. The highest BCUT2D eigenvalue weighted by Gasteiger charge is 2.15. The van der Waals surface area contributed by atoms with Crippen LogP contribution in [-0.2, 0) is 10.0 Å². The summed E-state index contributed by atoms with van der Waals surface area (Å²) < 4.78 is 32.5. The molecule has 0 spiro atoms. The van der Waals surface area contributed by atoms with Crippen molar-refractivity contribution in [3.8, 4) is 5.75 Å². The van der Waals surface area contributed by atoms with Crippen LogP contribution in [0.15, 0.2) is 53.4 Å². The van der Waals surface area contributed by atoms with Crippen LogP contribution in [0.4, 0.5) is 5.69 Å². The molecule has 152 valence electrons. The van der Waals surface area contributed by atoms with Crippen molar-refractivity contribution in [2.75, 3.05) is 18.5 Å². The molecule has 0 saturated carbocycles. The van der Waals surface area contributed by atoms with E-state index in [1.807, 2.05) is 13.0 Å². The summed E-state index contributed by atoms with van der Waals surface area (Å²) >= 11 is 0. The lowest BCUT2D eigenvalue weighted by atomic mass is 10.2. The first-order valence-electron chi connectivity index (χ1n) is 9.60. The first-order valence-corrected chi connectivity index (χ1v) is 11.1. The molecule has 1 amide bonds. The van der Waals surface area contributed by atoms with Crippen LogP contribution in [0.3, 0.4) is 0 Å². The molecule has 0 saturated heterocycles. The molecular weight excluding hydrogens is 376 g/mol. The predicted octanol–water partition coefficient (Wildman–Crippen LogP) is 4.20. The number of ether oxygens (including phenoxy) is 1. The number of hydrogen-bond acceptors (Lipinski definition) is 4. The topological polar surface area (TPSA) is 84.5 Å². The molecule has 2 N–H and O–H groups in total. The van der Waals surface area contributed by atoms with Gasteiger partial charge < -0.3 is 10.1 Å². The van der Waals surface area contributed by atoms with Gasteiger partial charge in [-0.1, -0.05) is 38.8 Å². The fraction of sp³-hybridized carbons (Fsp3) is 0.381. The lowest BCUT2D eigenvalue weighted by Crippen LogP contribution is -2.24. The van der Waals surface area contributed by atoms with Gasteiger partial charge in [0.15, 0.2) is 0 Å². The average Bonchev–Trinajstić information content (AvgIpc) is 2.70. The summed E-state index contributed by atoms with van der Waals surface area (Å²) in [5.41, 5.74) is 0.959. The van der Waals surface area contributed by atoms with Crippen LogP contribution in [0.1, 0.15) is 49.9 Å². The standard InChI is InChI=1S/C21H28N2O4S/c1-3-5-8-16-27-20-10-7-6-9-19(20)21(24)23-17-11-13-18(14-12-17)28(25,26)22-15-4-2/h6-7,9-14,22H,3-5,8,15-16H2,1-2H3,(H,23,24). The Bertz CT molecular complexity index is 864. The SMILES string of the molecule is CCCCCOc1ccccc1C(=O)Nc1ccc(S(=O)(=O)NCCC)cc1. The van der Waals surface area contributed by atoms with Gasteiger partial charge in [0.25, 0.3) is 5.91 Å². The van der Waals surface area contributed by atoms with Gasteiger partial charge in [-0.2, -0.15) is 0 Å². The third-order valence-corrected chi connectivity index (χ3v) is 5.58. The van der Waals surface area contributed by atoms with Crippen molar-refractivity contribution in [3.05, 3.63) is 54.1 Å². The third-order valence-electron chi connectivity index (χ3n) is 4.10. The van der Waals surface area contributed by atoms with Crippen LogP contribution >= 0.6 is 0 Å². The van der Waals surface area contributed by atoms with Crippen molar-refractivity contribution >= 4 is 21.6 Å². The largest absolute Gasteiger partial charge is 0.493 e. The molecule has 2 aromatic rings. The second-order valence-electron chi connectivity index (χ2n) is 6.43. The van der Waals surface area contributed by atoms with E-state index in [1.54, 1.807) is 30.3 Å². The molecule has 0 bridgehead atoms. The highest BCUT2D eigenvalue weighted by atomic mass is 32.2. The summed E-state index contributed by atoms with van der Waals surface area (Å²) in [6, 6.07) is 13.2. The number of unbranched alkanes of at least 4 members (excludes halogenated alkanes) is 2. The van der Waals surface area contributed by atoms with E-state index >= 15 is 0 Å². The molecule has 2 aromatic carbocycles. The molecular formula is C21H28N2O4S. The number of benzene rings is 2. The summed E-state index contributed by atoms with van der Waals surface area (Å²) in [6.07, 6.45) is 3.84. The molecule has 0 aliphatic rings. The van der Waals surface area contributed by atoms with Crippen molar-refractivity contribution in [2.24, 2.45) is 0 Å². The van der Waals surface area contributed by atoms with Gasteiger partial charge in [0.2, 0.25) is 10.0 Å². The van der Waals surface area contributed by atoms with Crippen LogP contribution in [0.2, 0.25) is 0 Å². The zero-order valence-electron chi connectivity index (χ0n) is 16.4. The Labute approximate surface area is 167 Å². The number of hydrogen-bond donors (Lipinski definition) is 2. The van der Waals surface area contributed by atoms with Crippen LogP contribution < -0.4 is 14.8 Å². The van der Waals surface area contributed by atoms with Crippen molar-refractivity contribution in [3.63, 3.8) is 0 Å². The van der Waals surface area contributed by atoms with Crippen molar-refractivity contribution in [1.82, 2.24) is 4.72 Å². The van der Waals surface area contributed by atoms with Gasteiger partial charge in [0.1, 0.15) is 5.75 Å². The molecule has 0 aliphatic carbocycles.